The van der Waals surface area contributed by atoms with Gasteiger partial charge in [0.25, 0.3) is 0 Å². The standard InChI is InChI=1S/C13H14N2O3/c1-17-11-5-3-10(4-6-11)9-15-12(7-8-14-15)13(16)18-2/h3-8H,9H2,1-2H3. The van der Waals surface area contributed by atoms with Crippen molar-refractivity contribution in [1.82, 2.24) is 9.78 Å². The monoisotopic (exact) mass is 246 g/mol. The summed E-state index contributed by atoms with van der Waals surface area (Å²) in [5.41, 5.74) is 1.47. The van der Waals surface area contributed by atoms with E-state index >= 15 is 0 Å². The Bertz CT molecular complexity index is 531. The Balaban J connectivity index is 2.18. The molecular weight excluding hydrogens is 232 g/mol. The Morgan fingerprint density at radius 3 is 2.56 bits per heavy atom. The molecule has 94 valence electrons. The summed E-state index contributed by atoms with van der Waals surface area (Å²) in [6, 6.07) is 9.24. The summed E-state index contributed by atoms with van der Waals surface area (Å²) in [5.74, 6) is 0.411. The van der Waals surface area contributed by atoms with E-state index in [1.807, 2.05) is 24.3 Å². The van der Waals surface area contributed by atoms with Crippen LogP contribution >= 0.6 is 0 Å². The van der Waals surface area contributed by atoms with E-state index in [4.69, 9.17) is 4.74 Å². The number of benzene rings is 1. The fourth-order valence-corrected chi connectivity index (χ4v) is 1.64. The zero-order valence-electron chi connectivity index (χ0n) is 10.3. The highest BCUT2D eigenvalue weighted by molar-refractivity contribution is 5.87. The van der Waals surface area contributed by atoms with E-state index in [-0.39, 0.29) is 5.97 Å². The zero-order valence-corrected chi connectivity index (χ0v) is 10.3. The van der Waals surface area contributed by atoms with Gasteiger partial charge in [0.1, 0.15) is 11.4 Å². The van der Waals surface area contributed by atoms with E-state index in [9.17, 15) is 4.79 Å². The van der Waals surface area contributed by atoms with Crippen LogP contribution < -0.4 is 4.74 Å². The average molecular weight is 246 g/mol. The molecule has 5 nitrogen and oxygen atoms in total. The Morgan fingerprint density at radius 2 is 1.94 bits per heavy atom. The highest BCUT2D eigenvalue weighted by Gasteiger charge is 2.12. The van der Waals surface area contributed by atoms with Crippen molar-refractivity contribution in [3.63, 3.8) is 0 Å². The molecule has 0 atom stereocenters. The summed E-state index contributed by atoms with van der Waals surface area (Å²) in [5, 5.41) is 4.11. The van der Waals surface area contributed by atoms with Gasteiger partial charge in [-0.2, -0.15) is 5.10 Å². The fourth-order valence-electron chi connectivity index (χ4n) is 1.64. The van der Waals surface area contributed by atoms with Crippen LogP contribution in [0.4, 0.5) is 0 Å². The molecule has 0 fully saturated rings. The summed E-state index contributed by atoms with van der Waals surface area (Å²) < 4.78 is 11.4. The number of carbonyl (C=O) groups is 1. The Labute approximate surface area is 105 Å². The smallest absolute Gasteiger partial charge is 0.356 e. The van der Waals surface area contributed by atoms with Crippen LogP contribution in [0.3, 0.4) is 0 Å². The second kappa shape index (κ2) is 5.35. The first kappa shape index (κ1) is 12.2. The van der Waals surface area contributed by atoms with E-state index in [1.54, 1.807) is 24.1 Å². The van der Waals surface area contributed by atoms with Gasteiger partial charge in [0.2, 0.25) is 0 Å². The van der Waals surface area contributed by atoms with Crippen LogP contribution in [0, 0.1) is 0 Å². The number of ether oxygens (including phenoxy) is 2. The van der Waals surface area contributed by atoms with Gasteiger partial charge in [0.15, 0.2) is 0 Å². The summed E-state index contributed by atoms with van der Waals surface area (Å²) in [6.07, 6.45) is 1.58. The van der Waals surface area contributed by atoms with Crippen molar-refractivity contribution in [3.05, 3.63) is 47.8 Å². The molecule has 0 aliphatic heterocycles. The lowest BCUT2D eigenvalue weighted by Gasteiger charge is -2.07. The first-order chi connectivity index (χ1) is 8.74. The van der Waals surface area contributed by atoms with Crippen LogP contribution in [-0.4, -0.2) is 30.0 Å². The van der Waals surface area contributed by atoms with Gasteiger partial charge in [-0.05, 0) is 23.8 Å². The molecule has 0 N–H and O–H groups in total. The maximum absolute atomic E-state index is 11.5. The number of methoxy groups -OCH3 is 2. The molecule has 5 heteroatoms. The number of aromatic nitrogens is 2. The molecule has 1 aromatic heterocycles. The van der Waals surface area contributed by atoms with Gasteiger partial charge in [-0.25, -0.2) is 4.79 Å². The van der Waals surface area contributed by atoms with Crippen LogP contribution in [0.15, 0.2) is 36.5 Å². The van der Waals surface area contributed by atoms with E-state index in [0.29, 0.717) is 12.2 Å². The van der Waals surface area contributed by atoms with Gasteiger partial charge in [-0.15, -0.1) is 0 Å². The topological polar surface area (TPSA) is 53.3 Å². The fraction of sp³-hybridized carbons (Fsp3) is 0.231. The molecule has 0 unspecified atom stereocenters. The van der Waals surface area contributed by atoms with Crippen molar-refractivity contribution in [1.29, 1.82) is 0 Å². The maximum Gasteiger partial charge on any atom is 0.356 e. The summed E-state index contributed by atoms with van der Waals surface area (Å²) in [6.45, 7) is 0.515. The number of esters is 1. The lowest BCUT2D eigenvalue weighted by Crippen LogP contribution is -2.12. The highest BCUT2D eigenvalue weighted by Crippen LogP contribution is 2.13. The van der Waals surface area contributed by atoms with Gasteiger partial charge >= 0.3 is 5.97 Å². The van der Waals surface area contributed by atoms with Crippen LogP contribution in [-0.2, 0) is 11.3 Å². The number of rotatable bonds is 4. The van der Waals surface area contributed by atoms with Gasteiger partial charge in [0.05, 0.1) is 20.8 Å². The van der Waals surface area contributed by atoms with Crippen molar-refractivity contribution < 1.29 is 14.3 Å². The largest absolute Gasteiger partial charge is 0.497 e. The van der Waals surface area contributed by atoms with Gasteiger partial charge in [-0.3, -0.25) is 4.68 Å². The van der Waals surface area contributed by atoms with E-state index < -0.39 is 0 Å². The summed E-state index contributed by atoms with van der Waals surface area (Å²) in [7, 11) is 2.98. The minimum atomic E-state index is -0.388. The molecule has 1 aromatic carbocycles. The second-order valence-electron chi connectivity index (χ2n) is 3.71. The van der Waals surface area contributed by atoms with Crippen LogP contribution in [0.5, 0.6) is 5.75 Å². The molecule has 1 heterocycles. The lowest BCUT2D eigenvalue weighted by molar-refractivity contribution is 0.0587. The van der Waals surface area contributed by atoms with E-state index in [2.05, 4.69) is 9.84 Å². The Hall–Kier alpha value is -2.30. The molecule has 0 saturated heterocycles. The van der Waals surface area contributed by atoms with Gasteiger partial charge < -0.3 is 9.47 Å². The first-order valence-corrected chi connectivity index (χ1v) is 5.47. The third-order valence-electron chi connectivity index (χ3n) is 2.60. The van der Waals surface area contributed by atoms with E-state index in [1.165, 1.54) is 7.11 Å². The minimum Gasteiger partial charge on any atom is -0.497 e. The normalized spacial score (nSPS) is 10.1. The van der Waals surface area contributed by atoms with Crippen LogP contribution in [0.2, 0.25) is 0 Å². The first-order valence-electron chi connectivity index (χ1n) is 5.47. The molecule has 0 spiro atoms. The van der Waals surface area contributed by atoms with Crippen LogP contribution in [0.1, 0.15) is 16.1 Å². The van der Waals surface area contributed by atoms with Gasteiger partial charge in [0, 0.05) is 6.20 Å². The molecule has 18 heavy (non-hydrogen) atoms. The van der Waals surface area contributed by atoms with Crippen molar-refractivity contribution in [2.24, 2.45) is 0 Å². The van der Waals surface area contributed by atoms with Crippen molar-refractivity contribution >= 4 is 5.97 Å². The van der Waals surface area contributed by atoms with Crippen molar-refractivity contribution in [3.8, 4) is 5.75 Å². The third-order valence-corrected chi connectivity index (χ3v) is 2.60. The molecule has 0 aliphatic rings. The Kier molecular flexibility index (Phi) is 3.62. The number of carbonyl (C=O) groups excluding carboxylic acids is 1. The van der Waals surface area contributed by atoms with Crippen molar-refractivity contribution in [2.75, 3.05) is 14.2 Å². The van der Waals surface area contributed by atoms with E-state index in [0.717, 1.165) is 11.3 Å². The van der Waals surface area contributed by atoms with Gasteiger partial charge in [-0.1, -0.05) is 12.1 Å². The molecule has 0 amide bonds. The minimum absolute atomic E-state index is 0.388. The number of hydrogen-bond acceptors (Lipinski definition) is 4. The second-order valence-corrected chi connectivity index (χ2v) is 3.71. The zero-order chi connectivity index (χ0) is 13.0. The Morgan fingerprint density at radius 1 is 1.22 bits per heavy atom. The molecule has 0 bridgehead atoms. The molecule has 0 radical (unpaired) electrons. The number of hydrogen-bond donors (Lipinski definition) is 0. The predicted molar refractivity (Wildman–Crippen MR) is 65.7 cm³/mol. The SMILES string of the molecule is COC(=O)c1ccnn1Cc1ccc(OC)cc1. The third kappa shape index (κ3) is 2.51. The molecule has 2 rings (SSSR count). The van der Waals surface area contributed by atoms with Crippen molar-refractivity contribution in [2.45, 2.75) is 6.54 Å². The summed E-state index contributed by atoms with van der Waals surface area (Å²) >= 11 is 0. The number of nitrogens with zero attached hydrogens (tertiary/aromatic N) is 2. The molecule has 2 aromatic rings. The van der Waals surface area contributed by atoms with Crippen LogP contribution in [0.25, 0.3) is 0 Å². The summed E-state index contributed by atoms with van der Waals surface area (Å²) in [4.78, 5) is 11.5. The maximum atomic E-state index is 11.5. The highest BCUT2D eigenvalue weighted by atomic mass is 16.5. The predicted octanol–water partition coefficient (Wildman–Crippen LogP) is 1.73. The molecule has 0 aliphatic carbocycles. The lowest BCUT2D eigenvalue weighted by atomic mass is 10.2. The molecule has 0 saturated carbocycles. The quantitative estimate of drug-likeness (QED) is 0.771. The average Bonchev–Trinajstić information content (AvgIpc) is 2.87. The molecular formula is C13H14N2O3.